The highest BCUT2D eigenvalue weighted by Crippen LogP contribution is 2.37. The van der Waals surface area contributed by atoms with Crippen molar-refractivity contribution in [3.8, 4) is 34.0 Å². The van der Waals surface area contributed by atoms with Crippen LogP contribution in [0, 0.1) is 18.7 Å². The number of aromatic nitrogens is 2. The molecule has 1 saturated carbocycles. The summed E-state index contributed by atoms with van der Waals surface area (Å²) < 4.78 is 19.2. The van der Waals surface area contributed by atoms with Crippen molar-refractivity contribution in [2.75, 3.05) is 0 Å². The summed E-state index contributed by atoms with van der Waals surface area (Å²) in [5.41, 5.74) is 7.19. The monoisotopic (exact) mass is 453 g/mol. The minimum absolute atomic E-state index is 0.230. The van der Waals surface area contributed by atoms with Crippen LogP contribution in [0.2, 0.25) is 0 Å². The predicted octanol–water partition coefficient (Wildman–Crippen LogP) is 5.81. The largest absolute Gasteiger partial charge is 0.334 e. The van der Waals surface area contributed by atoms with Gasteiger partial charge in [0.05, 0.1) is 0 Å². The summed E-state index contributed by atoms with van der Waals surface area (Å²) >= 11 is 0. The summed E-state index contributed by atoms with van der Waals surface area (Å²) in [5.74, 6) is 1.000. The molecule has 0 spiro atoms. The van der Waals surface area contributed by atoms with Gasteiger partial charge in [0.2, 0.25) is 5.82 Å². The quantitative estimate of drug-likeness (QED) is 0.357. The molecule has 6 rings (SSSR count). The molecule has 0 bridgehead atoms. The number of aldehydes is 1. The number of hydrogen-bond acceptors (Lipinski definition) is 5. The highest BCUT2D eigenvalue weighted by molar-refractivity contribution is 5.71. The summed E-state index contributed by atoms with van der Waals surface area (Å²) in [6.07, 6.45) is 3.02. The Balaban J connectivity index is 1.21. The Kier molecular flexibility index (Phi) is 5.11. The number of hydrogen-bond donors (Lipinski definition) is 0. The van der Waals surface area contributed by atoms with Gasteiger partial charge in [-0.25, -0.2) is 4.39 Å². The number of rotatable bonds is 5. The van der Waals surface area contributed by atoms with Crippen molar-refractivity contribution in [3.63, 3.8) is 0 Å². The van der Waals surface area contributed by atoms with E-state index in [0.717, 1.165) is 60.0 Å². The number of fused-ring (bicyclic) bond motifs is 1. The van der Waals surface area contributed by atoms with E-state index in [1.165, 1.54) is 23.3 Å². The lowest BCUT2D eigenvalue weighted by Crippen LogP contribution is -2.42. The summed E-state index contributed by atoms with van der Waals surface area (Å²) in [4.78, 5) is 18.0. The Hall–Kier alpha value is -3.64. The molecule has 34 heavy (non-hydrogen) atoms. The van der Waals surface area contributed by atoms with Gasteiger partial charge in [-0.3, -0.25) is 4.90 Å². The normalized spacial score (nSPS) is 19.6. The van der Waals surface area contributed by atoms with Gasteiger partial charge in [-0.05, 0) is 77.9 Å². The Morgan fingerprint density at radius 3 is 2.59 bits per heavy atom. The first-order valence-corrected chi connectivity index (χ1v) is 11.6. The number of aryl methyl sites for hydroxylation is 1. The van der Waals surface area contributed by atoms with E-state index in [9.17, 15) is 9.18 Å². The molecule has 5 nitrogen and oxygen atoms in total. The van der Waals surface area contributed by atoms with E-state index in [2.05, 4.69) is 27.2 Å². The van der Waals surface area contributed by atoms with Crippen molar-refractivity contribution < 1.29 is 13.7 Å². The lowest BCUT2D eigenvalue weighted by Gasteiger charge is -2.38. The van der Waals surface area contributed by atoms with Gasteiger partial charge in [0.25, 0.3) is 5.89 Å². The fourth-order valence-corrected chi connectivity index (χ4v) is 5.09. The summed E-state index contributed by atoms with van der Waals surface area (Å²) in [7, 11) is 0. The fraction of sp³-hybridized carbons (Fsp3) is 0.250. The second-order valence-electron chi connectivity index (χ2n) is 9.37. The zero-order valence-electron chi connectivity index (χ0n) is 18.9. The Labute approximate surface area is 197 Å². The van der Waals surface area contributed by atoms with E-state index in [4.69, 9.17) is 4.52 Å². The lowest BCUT2D eigenvalue weighted by atomic mass is 9.80. The van der Waals surface area contributed by atoms with Gasteiger partial charge in [-0.15, -0.1) is 0 Å². The van der Waals surface area contributed by atoms with Crippen LogP contribution in [0.3, 0.4) is 0 Å². The predicted molar refractivity (Wildman–Crippen MR) is 127 cm³/mol. The standard InChI is InChI=1S/C28H24FN3O2/c1-17-9-21(7-8-26(17)19-3-2-4-24(29)13-19)28-30-27(31-34-28)20-5-6-22-14-32(15-23(22)12-20)25-10-18(11-25)16-33/h2-9,12-13,16,18,25H,10-11,14-15H2,1H3. The molecule has 2 heterocycles. The van der Waals surface area contributed by atoms with Crippen molar-refractivity contribution in [2.24, 2.45) is 5.92 Å². The second-order valence-corrected chi connectivity index (χ2v) is 9.37. The molecule has 0 atom stereocenters. The molecule has 0 saturated heterocycles. The van der Waals surface area contributed by atoms with Crippen molar-refractivity contribution in [3.05, 3.63) is 83.2 Å². The lowest BCUT2D eigenvalue weighted by molar-refractivity contribution is -0.115. The van der Waals surface area contributed by atoms with E-state index < -0.39 is 0 Å². The Morgan fingerprint density at radius 1 is 0.971 bits per heavy atom. The zero-order chi connectivity index (χ0) is 23.2. The van der Waals surface area contributed by atoms with Crippen LogP contribution in [0.5, 0.6) is 0 Å². The Bertz CT molecular complexity index is 1390. The maximum atomic E-state index is 13.6. The minimum atomic E-state index is -0.252. The first kappa shape index (κ1) is 20.9. The fourth-order valence-electron chi connectivity index (χ4n) is 5.09. The second kappa shape index (κ2) is 8.29. The van der Waals surface area contributed by atoms with Crippen LogP contribution in [-0.4, -0.2) is 27.4 Å². The number of halogens is 1. The average Bonchev–Trinajstić information content (AvgIpc) is 3.45. The summed E-state index contributed by atoms with van der Waals surface area (Å²) in [6, 6.07) is 19.3. The molecule has 4 aromatic rings. The van der Waals surface area contributed by atoms with E-state index in [-0.39, 0.29) is 11.7 Å². The highest BCUT2D eigenvalue weighted by atomic mass is 19.1. The third kappa shape index (κ3) is 3.74. The molecule has 0 N–H and O–H groups in total. The van der Waals surface area contributed by atoms with Crippen LogP contribution in [0.4, 0.5) is 4.39 Å². The molecular weight excluding hydrogens is 429 g/mol. The van der Waals surface area contributed by atoms with Crippen LogP contribution in [0.1, 0.15) is 29.5 Å². The van der Waals surface area contributed by atoms with Crippen LogP contribution in [0.15, 0.2) is 65.2 Å². The number of carbonyl (C=O) groups is 1. The number of carbonyl (C=O) groups excluding carboxylic acids is 1. The van der Waals surface area contributed by atoms with Crippen LogP contribution in [-0.2, 0) is 17.9 Å². The van der Waals surface area contributed by atoms with Gasteiger partial charge in [0.1, 0.15) is 12.1 Å². The number of nitrogens with zero attached hydrogens (tertiary/aromatic N) is 3. The maximum Gasteiger partial charge on any atom is 0.258 e. The first-order chi connectivity index (χ1) is 16.6. The third-order valence-corrected chi connectivity index (χ3v) is 7.10. The van der Waals surface area contributed by atoms with E-state index in [0.29, 0.717) is 17.8 Å². The van der Waals surface area contributed by atoms with Gasteiger partial charge < -0.3 is 9.32 Å². The molecule has 6 heteroatoms. The molecule has 3 aromatic carbocycles. The Morgan fingerprint density at radius 2 is 1.79 bits per heavy atom. The van der Waals surface area contributed by atoms with Gasteiger partial charge in [0, 0.05) is 36.2 Å². The summed E-state index contributed by atoms with van der Waals surface area (Å²) in [6.45, 7) is 3.82. The maximum absolute atomic E-state index is 13.6. The third-order valence-electron chi connectivity index (χ3n) is 7.10. The van der Waals surface area contributed by atoms with Crippen LogP contribution >= 0.6 is 0 Å². The molecule has 2 aliphatic rings. The van der Waals surface area contributed by atoms with Gasteiger partial charge in [0.15, 0.2) is 0 Å². The molecule has 1 aliphatic heterocycles. The van der Waals surface area contributed by atoms with Crippen LogP contribution < -0.4 is 0 Å². The molecule has 170 valence electrons. The van der Waals surface area contributed by atoms with E-state index in [1.54, 1.807) is 6.07 Å². The SMILES string of the molecule is Cc1cc(-c2nc(-c3ccc4c(c3)CN(C3CC(C=O)C3)C4)no2)ccc1-c1cccc(F)c1. The van der Waals surface area contributed by atoms with Gasteiger partial charge in [-0.1, -0.05) is 35.5 Å². The van der Waals surface area contributed by atoms with Gasteiger partial charge >= 0.3 is 0 Å². The van der Waals surface area contributed by atoms with Gasteiger partial charge in [-0.2, -0.15) is 4.98 Å². The minimum Gasteiger partial charge on any atom is -0.334 e. The van der Waals surface area contributed by atoms with E-state index in [1.807, 2.05) is 37.3 Å². The smallest absolute Gasteiger partial charge is 0.258 e. The summed E-state index contributed by atoms with van der Waals surface area (Å²) in [5, 5.41) is 4.22. The van der Waals surface area contributed by atoms with E-state index >= 15 is 0 Å². The zero-order valence-corrected chi connectivity index (χ0v) is 18.9. The number of benzene rings is 3. The molecule has 0 unspecified atom stereocenters. The highest BCUT2D eigenvalue weighted by Gasteiger charge is 2.36. The van der Waals surface area contributed by atoms with Crippen LogP contribution in [0.25, 0.3) is 34.0 Å². The topological polar surface area (TPSA) is 59.2 Å². The average molecular weight is 454 g/mol. The van der Waals surface area contributed by atoms with Crippen molar-refractivity contribution in [1.82, 2.24) is 15.0 Å². The molecule has 1 aliphatic carbocycles. The molecule has 1 fully saturated rings. The van der Waals surface area contributed by atoms with Crippen molar-refractivity contribution in [1.29, 1.82) is 0 Å². The molecule has 0 radical (unpaired) electrons. The first-order valence-electron chi connectivity index (χ1n) is 11.6. The van der Waals surface area contributed by atoms with Crippen molar-refractivity contribution >= 4 is 6.29 Å². The molecular formula is C28H24FN3O2. The van der Waals surface area contributed by atoms with Crippen molar-refractivity contribution in [2.45, 2.75) is 38.9 Å². The molecule has 0 amide bonds. The molecule has 1 aromatic heterocycles.